The maximum absolute atomic E-state index is 13.8. The summed E-state index contributed by atoms with van der Waals surface area (Å²) in [6.07, 6.45) is 5.34. The van der Waals surface area contributed by atoms with Crippen molar-refractivity contribution >= 4 is 29.5 Å². The van der Waals surface area contributed by atoms with E-state index in [9.17, 15) is 14.0 Å². The molecule has 1 N–H and O–H groups in total. The second kappa shape index (κ2) is 11.7. The Kier molecular flexibility index (Phi) is 7.90. The first kappa shape index (κ1) is 26.4. The molecule has 0 radical (unpaired) electrons. The van der Waals surface area contributed by atoms with E-state index in [0.717, 1.165) is 41.8 Å². The smallest absolute Gasteiger partial charge is 0.277 e. The molecule has 0 atom stereocenters. The summed E-state index contributed by atoms with van der Waals surface area (Å²) in [4.78, 5) is 39.5. The van der Waals surface area contributed by atoms with E-state index < -0.39 is 0 Å². The van der Waals surface area contributed by atoms with Crippen LogP contribution in [-0.4, -0.2) is 73.6 Å². The van der Waals surface area contributed by atoms with E-state index in [2.05, 4.69) is 20.2 Å². The monoisotopic (exact) mass is 532 g/mol. The van der Waals surface area contributed by atoms with Crippen LogP contribution in [0.4, 0.5) is 21.6 Å². The molecule has 9 nitrogen and oxygen atoms in total. The van der Waals surface area contributed by atoms with E-state index in [1.54, 1.807) is 24.1 Å². The van der Waals surface area contributed by atoms with Crippen LogP contribution in [0.15, 0.2) is 48.8 Å². The molecule has 10 heteroatoms. The number of benzene rings is 2. The fourth-order valence-electron chi connectivity index (χ4n) is 5.48. The molecule has 3 heterocycles. The van der Waals surface area contributed by atoms with Crippen molar-refractivity contribution in [3.8, 4) is 5.75 Å². The van der Waals surface area contributed by atoms with Gasteiger partial charge in [0.15, 0.2) is 0 Å². The van der Waals surface area contributed by atoms with Gasteiger partial charge in [0.1, 0.15) is 29.4 Å². The van der Waals surface area contributed by atoms with Crippen LogP contribution in [0.25, 0.3) is 0 Å². The third-order valence-electron chi connectivity index (χ3n) is 7.67. The molecular weight excluding hydrogens is 499 g/mol. The second-order valence-electron chi connectivity index (χ2n) is 9.83. The lowest BCUT2D eigenvalue weighted by Crippen LogP contribution is -2.45. The molecule has 0 saturated carbocycles. The molecule has 1 saturated heterocycles. The first-order chi connectivity index (χ1) is 19.0. The highest BCUT2D eigenvalue weighted by Gasteiger charge is 2.29. The normalized spacial score (nSPS) is 15.2. The molecule has 0 unspecified atom stereocenters. The molecular formula is C29H33FN6O3. The van der Waals surface area contributed by atoms with Gasteiger partial charge in [-0.05, 0) is 67.1 Å². The van der Waals surface area contributed by atoms with Crippen molar-refractivity contribution in [3.05, 3.63) is 71.4 Å². The number of carbonyl (C=O) groups excluding carboxylic acids is 2. The Bertz CT molecular complexity index is 1340. The molecule has 3 aromatic rings. The molecule has 2 amide bonds. The fraction of sp³-hybridized carbons (Fsp3) is 0.379. The number of hydrogen-bond donors (Lipinski definition) is 1. The summed E-state index contributed by atoms with van der Waals surface area (Å²) in [6.45, 7) is 2.52. The van der Waals surface area contributed by atoms with Crippen molar-refractivity contribution in [3.63, 3.8) is 0 Å². The molecule has 2 aromatic carbocycles. The van der Waals surface area contributed by atoms with Crippen molar-refractivity contribution in [2.24, 2.45) is 0 Å². The summed E-state index contributed by atoms with van der Waals surface area (Å²) in [7, 11) is 3.53. The molecule has 0 spiro atoms. The Morgan fingerprint density at radius 1 is 1.15 bits per heavy atom. The molecule has 204 valence electrons. The van der Waals surface area contributed by atoms with Crippen LogP contribution in [0.2, 0.25) is 0 Å². The highest BCUT2D eigenvalue weighted by atomic mass is 19.1. The number of fused-ring (bicyclic) bond motifs is 1. The van der Waals surface area contributed by atoms with Gasteiger partial charge in [0.25, 0.3) is 5.91 Å². The number of methoxy groups -OCH3 is 1. The van der Waals surface area contributed by atoms with Gasteiger partial charge >= 0.3 is 0 Å². The minimum Gasteiger partial charge on any atom is -0.497 e. The van der Waals surface area contributed by atoms with E-state index in [4.69, 9.17) is 4.74 Å². The number of piperidine rings is 1. The Hall–Kier alpha value is -4.21. The van der Waals surface area contributed by atoms with Gasteiger partial charge in [-0.1, -0.05) is 6.07 Å². The van der Waals surface area contributed by atoms with Crippen molar-refractivity contribution in [1.29, 1.82) is 0 Å². The Balaban J connectivity index is 1.21. The Labute approximate surface area is 227 Å². The number of rotatable bonds is 9. The molecule has 0 aliphatic carbocycles. The van der Waals surface area contributed by atoms with E-state index in [0.29, 0.717) is 50.5 Å². The SMILES string of the molecule is CNc1ccc(OC)cc1CCN(C=O)C1CCN(c2cc(C(=O)N3CCc4ccc(F)cc43)ncn2)CC1. The first-order valence-corrected chi connectivity index (χ1v) is 13.2. The highest BCUT2D eigenvalue weighted by Crippen LogP contribution is 2.30. The number of nitrogens with one attached hydrogen (secondary N) is 1. The van der Waals surface area contributed by atoms with Gasteiger partial charge in [0.05, 0.1) is 12.8 Å². The third-order valence-corrected chi connectivity index (χ3v) is 7.67. The van der Waals surface area contributed by atoms with E-state index in [-0.39, 0.29) is 23.5 Å². The summed E-state index contributed by atoms with van der Waals surface area (Å²) in [6, 6.07) is 12.3. The van der Waals surface area contributed by atoms with Crippen LogP contribution < -0.4 is 19.9 Å². The van der Waals surface area contributed by atoms with E-state index in [1.165, 1.54) is 18.5 Å². The van der Waals surface area contributed by atoms with Crippen molar-refractivity contribution in [1.82, 2.24) is 14.9 Å². The van der Waals surface area contributed by atoms with Crippen molar-refractivity contribution < 1.29 is 18.7 Å². The van der Waals surface area contributed by atoms with E-state index in [1.807, 2.05) is 30.1 Å². The largest absolute Gasteiger partial charge is 0.497 e. The lowest BCUT2D eigenvalue weighted by atomic mass is 10.0. The van der Waals surface area contributed by atoms with E-state index >= 15 is 0 Å². The van der Waals surface area contributed by atoms with Gasteiger partial charge in [-0.15, -0.1) is 0 Å². The summed E-state index contributed by atoms with van der Waals surface area (Å²) >= 11 is 0. The molecule has 1 aromatic heterocycles. The quantitative estimate of drug-likeness (QED) is 0.422. The number of aromatic nitrogens is 2. The first-order valence-electron chi connectivity index (χ1n) is 13.2. The minimum atomic E-state index is -0.366. The van der Waals surface area contributed by atoms with Crippen LogP contribution >= 0.6 is 0 Å². The second-order valence-corrected chi connectivity index (χ2v) is 9.83. The zero-order valence-corrected chi connectivity index (χ0v) is 22.3. The van der Waals surface area contributed by atoms with Crippen molar-refractivity contribution in [2.45, 2.75) is 31.7 Å². The van der Waals surface area contributed by atoms with Crippen LogP contribution in [0.3, 0.4) is 0 Å². The van der Waals surface area contributed by atoms with Crippen LogP contribution in [0.5, 0.6) is 5.75 Å². The van der Waals surface area contributed by atoms with Crippen LogP contribution in [-0.2, 0) is 17.6 Å². The topological polar surface area (TPSA) is 90.9 Å². The van der Waals surface area contributed by atoms with Gasteiger partial charge in [-0.3, -0.25) is 9.59 Å². The minimum absolute atomic E-state index is 0.126. The zero-order chi connectivity index (χ0) is 27.4. The number of amides is 2. The summed E-state index contributed by atoms with van der Waals surface area (Å²) < 4.78 is 19.2. The van der Waals surface area contributed by atoms with Crippen LogP contribution in [0.1, 0.15) is 34.5 Å². The lowest BCUT2D eigenvalue weighted by molar-refractivity contribution is -0.120. The average molecular weight is 533 g/mol. The lowest BCUT2D eigenvalue weighted by Gasteiger charge is -2.37. The molecule has 2 aliphatic heterocycles. The fourth-order valence-corrected chi connectivity index (χ4v) is 5.48. The zero-order valence-electron chi connectivity index (χ0n) is 22.3. The molecule has 0 bridgehead atoms. The van der Waals surface area contributed by atoms with Gasteiger partial charge in [-0.2, -0.15) is 0 Å². The third kappa shape index (κ3) is 5.64. The Morgan fingerprint density at radius 2 is 1.97 bits per heavy atom. The summed E-state index contributed by atoms with van der Waals surface area (Å²) in [5.41, 5.74) is 3.96. The number of carbonyl (C=O) groups is 2. The number of ether oxygens (including phenoxy) is 1. The Morgan fingerprint density at radius 3 is 2.72 bits per heavy atom. The van der Waals surface area contributed by atoms with Gasteiger partial charge < -0.3 is 24.8 Å². The predicted octanol–water partition coefficient (Wildman–Crippen LogP) is 3.54. The van der Waals surface area contributed by atoms with Crippen molar-refractivity contribution in [2.75, 3.05) is 55.5 Å². The summed E-state index contributed by atoms with van der Waals surface area (Å²) in [5.74, 6) is 0.843. The highest BCUT2D eigenvalue weighted by molar-refractivity contribution is 6.06. The number of hydrogen-bond acceptors (Lipinski definition) is 7. The predicted molar refractivity (Wildman–Crippen MR) is 148 cm³/mol. The molecule has 39 heavy (non-hydrogen) atoms. The standard InChI is InChI=1S/C29H33FN6O3/c1-31-25-6-5-24(39-2)15-21(25)7-11-35(19-37)23-9-12-34(13-10-23)28-17-26(32-18-33-28)29(38)36-14-8-20-3-4-22(30)16-27(20)36/h3-6,15-19,23,31H,7-14H2,1-2H3. The van der Waals surface area contributed by atoms with Gasteiger partial charge in [-0.25, -0.2) is 14.4 Å². The number of anilines is 3. The summed E-state index contributed by atoms with van der Waals surface area (Å²) in [5, 5.41) is 3.20. The van der Waals surface area contributed by atoms with Gasteiger partial charge in [0, 0.05) is 51.0 Å². The molecule has 5 rings (SSSR count). The van der Waals surface area contributed by atoms with Crippen LogP contribution in [0, 0.1) is 5.82 Å². The number of halogens is 1. The molecule has 1 fully saturated rings. The maximum atomic E-state index is 13.8. The maximum Gasteiger partial charge on any atom is 0.277 e. The number of nitrogens with zero attached hydrogens (tertiary/aromatic N) is 5. The molecule has 2 aliphatic rings. The van der Waals surface area contributed by atoms with Gasteiger partial charge in [0.2, 0.25) is 6.41 Å². The average Bonchev–Trinajstić information content (AvgIpc) is 3.40.